The number of amides is 1. The number of thiazole rings is 1. The van der Waals surface area contributed by atoms with E-state index in [9.17, 15) is 4.79 Å². The summed E-state index contributed by atoms with van der Waals surface area (Å²) < 4.78 is 0. The van der Waals surface area contributed by atoms with Crippen LogP contribution in [0.5, 0.6) is 0 Å². The molecule has 1 aromatic heterocycles. The highest BCUT2D eigenvalue weighted by atomic mass is 35.5. The molecule has 0 saturated carbocycles. The number of nitrogens with zero attached hydrogens (tertiary/aromatic N) is 1. The van der Waals surface area contributed by atoms with Crippen molar-refractivity contribution in [2.24, 2.45) is 5.92 Å². The van der Waals surface area contributed by atoms with Gasteiger partial charge in [0.1, 0.15) is 10.7 Å². The Morgan fingerprint density at radius 2 is 1.96 bits per heavy atom. The molecular weight excluding hydrogens is 389 g/mol. The van der Waals surface area contributed by atoms with Gasteiger partial charge in [0.05, 0.1) is 0 Å². The largest absolute Gasteiger partial charge is 0.348 e. The lowest BCUT2D eigenvalue weighted by molar-refractivity contribution is 0.0910. The Bertz CT molecular complexity index is 703. The first-order valence-corrected chi connectivity index (χ1v) is 9.50. The van der Waals surface area contributed by atoms with Crippen molar-refractivity contribution in [3.63, 3.8) is 0 Å². The molecule has 2 N–H and O–H groups in total. The third-order valence-corrected chi connectivity index (χ3v) is 5.55. The van der Waals surface area contributed by atoms with Crippen molar-refractivity contribution in [3.05, 3.63) is 40.9 Å². The molecular formula is C19H27Cl2N3OS. The monoisotopic (exact) mass is 415 g/mol. The van der Waals surface area contributed by atoms with Gasteiger partial charge in [0.2, 0.25) is 0 Å². The Morgan fingerprint density at radius 3 is 2.58 bits per heavy atom. The van der Waals surface area contributed by atoms with Crippen LogP contribution in [0.2, 0.25) is 0 Å². The molecule has 2 aromatic rings. The lowest BCUT2D eigenvalue weighted by Gasteiger charge is -2.29. The average molecular weight is 416 g/mol. The van der Waals surface area contributed by atoms with Gasteiger partial charge in [-0.05, 0) is 36.9 Å². The van der Waals surface area contributed by atoms with Gasteiger partial charge in [-0.3, -0.25) is 4.79 Å². The normalized spacial score (nSPS) is 19.4. The topological polar surface area (TPSA) is 54.0 Å². The molecule has 1 aliphatic rings. The van der Waals surface area contributed by atoms with E-state index in [1.807, 2.05) is 5.38 Å². The van der Waals surface area contributed by atoms with Crippen LogP contribution >= 0.6 is 36.2 Å². The molecule has 2 heterocycles. The van der Waals surface area contributed by atoms with E-state index in [0.29, 0.717) is 17.5 Å². The highest BCUT2D eigenvalue weighted by Crippen LogP contribution is 2.26. The smallest absolute Gasteiger partial charge is 0.271 e. The summed E-state index contributed by atoms with van der Waals surface area (Å²) in [4.78, 5) is 17.0. The summed E-state index contributed by atoms with van der Waals surface area (Å²) >= 11 is 1.52. The first-order chi connectivity index (χ1) is 11.5. The Balaban J connectivity index is 0.00000169. The number of hydrogen-bond donors (Lipinski definition) is 2. The van der Waals surface area contributed by atoms with Crippen molar-refractivity contribution in [1.29, 1.82) is 0 Å². The third kappa shape index (κ3) is 5.43. The van der Waals surface area contributed by atoms with Crippen LogP contribution in [0.4, 0.5) is 0 Å². The summed E-state index contributed by atoms with van der Waals surface area (Å²) in [6, 6.07) is 8.68. The van der Waals surface area contributed by atoms with Crippen LogP contribution in [0, 0.1) is 5.92 Å². The number of carbonyl (C=O) groups is 1. The van der Waals surface area contributed by atoms with Gasteiger partial charge in [0.15, 0.2) is 0 Å². The summed E-state index contributed by atoms with van der Waals surface area (Å²) in [6.07, 6.45) is 0.973. The van der Waals surface area contributed by atoms with Gasteiger partial charge >= 0.3 is 0 Å². The zero-order chi connectivity index (χ0) is 17.1. The highest BCUT2D eigenvalue weighted by molar-refractivity contribution is 7.13. The fourth-order valence-electron chi connectivity index (χ4n) is 2.99. The number of rotatable bonds is 4. The highest BCUT2D eigenvalue weighted by Gasteiger charge is 2.24. The van der Waals surface area contributed by atoms with Gasteiger partial charge in [-0.15, -0.1) is 36.2 Å². The lowest BCUT2D eigenvalue weighted by Crippen LogP contribution is -2.48. The maximum Gasteiger partial charge on any atom is 0.271 e. The summed E-state index contributed by atoms with van der Waals surface area (Å²) in [5, 5.41) is 9.24. The minimum absolute atomic E-state index is 0. The quantitative estimate of drug-likeness (QED) is 0.772. The van der Waals surface area contributed by atoms with Crippen LogP contribution in [0.15, 0.2) is 29.6 Å². The molecule has 0 aliphatic carbocycles. The SMILES string of the molecule is CC(C)c1ccc(-c2nc(C(=O)NC3CCNCC3C)cs2)cc1.Cl.Cl. The lowest BCUT2D eigenvalue weighted by atomic mass is 9.95. The molecule has 26 heavy (non-hydrogen) atoms. The minimum atomic E-state index is -0.0601. The van der Waals surface area contributed by atoms with Gasteiger partial charge in [0, 0.05) is 17.0 Å². The molecule has 1 amide bonds. The molecule has 0 bridgehead atoms. The minimum Gasteiger partial charge on any atom is -0.348 e. The molecule has 2 unspecified atom stereocenters. The Morgan fingerprint density at radius 1 is 1.27 bits per heavy atom. The first kappa shape index (κ1) is 22.9. The second kappa shape index (κ2) is 10.3. The zero-order valence-corrected chi connectivity index (χ0v) is 17.8. The van der Waals surface area contributed by atoms with Crippen LogP contribution in [0.3, 0.4) is 0 Å². The Kier molecular flexibility index (Phi) is 9.04. The van der Waals surface area contributed by atoms with Gasteiger partial charge in [-0.1, -0.05) is 45.0 Å². The van der Waals surface area contributed by atoms with Gasteiger partial charge in [-0.25, -0.2) is 4.98 Å². The van der Waals surface area contributed by atoms with Gasteiger partial charge in [0.25, 0.3) is 5.91 Å². The molecule has 144 valence electrons. The standard InChI is InChI=1S/C19H25N3OS.2ClH/c1-12(2)14-4-6-15(7-5-14)19-22-17(11-24-19)18(23)21-16-8-9-20-10-13(16)3;;/h4-7,11-13,16,20H,8-10H2,1-3H3,(H,21,23);2*1H. The number of carbonyl (C=O) groups excluding carboxylic acids is 1. The van der Waals surface area contributed by atoms with Gasteiger partial charge < -0.3 is 10.6 Å². The van der Waals surface area contributed by atoms with E-state index in [2.05, 4.69) is 60.7 Å². The summed E-state index contributed by atoms with van der Waals surface area (Å²) in [5.74, 6) is 0.906. The number of benzene rings is 1. The van der Waals surface area contributed by atoms with E-state index < -0.39 is 0 Å². The van der Waals surface area contributed by atoms with Crippen molar-refractivity contribution in [2.45, 2.75) is 39.2 Å². The molecule has 4 nitrogen and oxygen atoms in total. The second-order valence-corrected chi connectivity index (χ2v) is 7.72. The molecule has 3 rings (SSSR count). The maximum absolute atomic E-state index is 12.5. The molecule has 2 atom stereocenters. The number of halogens is 2. The maximum atomic E-state index is 12.5. The van der Waals surface area contributed by atoms with Crippen molar-refractivity contribution in [1.82, 2.24) is 15.6 Å². The van der Waals surface area contributed by atoms with E-state index >= 15 is 0 Å². The number of aromatic nitrogens is 1. The zero-order valence-electron chi connectivity index (χ0n) is 15.3. The van der Waals surface area contributed by atoms with Crippen molar-refractivity contribution < 1.29 is 4.79 Å². The number of hydrogen-bond acceptors (Lipinski definition) is 4. The first-order valence-electron chi connectivity index (χ1n) is 8.62. The predicted octanol–water partition coefficient (Wildman–Crippen LogP) is 4.50. The Hall–Kier alpha value is -1.14. The van der Waals surface area contributed by atoms with Gasteiger partial charge in [-0.2, -0.15) is 0 Å². The van der Waals surface area contributed by atoms with Crippen molar-refractivity contribution in [2.75, 3.05) is 13.1 Å². The second-order valence-electron chi connectivity index (χ2n) is 6.86. The van der Waals surface area contributed by atoms with Crippen LogP contribution < -0.4 is 10.6 Å². The molecule has 1 aromatic carbocycles. The van der Waals surface area contributed by atoms with E-state index in [1.54, 1.807) is 0 Å². The molecule has 0 radical (unpaired) electrons. The Labute approximate surface area is 172 Å². The molecule has 7 heteroatoms. The summed E-state index contributed by atoms with van der Waals surface area (Å²) in [6.45, 7) is 8.44. The van der Waals surface area contributed by atoms with Crippen LogP contribution in [-0.2, 0) is 0 Å². The number of piperidine rings is 1. The molecule has 1 fully saturated rings. The molecule has 0 spiro atoms. The van der Waals surface area contributed by atoms with Crippen molar-refractivity contribution in [3.8, 4) is 10.6 Å². The van der Waals surface area contributed by atoms with E-state index in [-0.39, 0.29) is 36.8 Å². The van der Waals surface area contributed by atoms with Crippen molar-refractivity contribution >= 4 is 42.1 Å². The van der Waals surface area contributed by atoms with Crippen LogP contribution in [0.25, 0.3) is 10.6 Å². The number of nitrogens with one attached hydrogen (secondary N) is 2. The third-order valence-electron chi connectivity index (χ3n) is 4.66. The van der Waals surface area contributed by atoms with Crippen LogP contribution in [0.1, 0.15) is 49.2 Å². The summed E-state index contributed by atoms with van der Waals surface area (Å²) in [7, 11) is 0. The fraction of sp³-hybridized carbons (Fsp3) is 0.474. The predicted molar refractivity (Wildman–Crippen MR) is 114 cm³/mol. The van der Waals surface area contributed by atoms with Crippen LogP contribution in [-0.4, -0.2) is 30.0 Å². The van der Waals surface area contributed by atoms with E-state index in [4.69, 9.17) is 0 Å². The molecule has 1 aliphatic heterocycles. The summed E-state index contributed by atoms with van der Waals surface area (Å²) in [5.41, 5.74) is 2.90. The molecule has 1 saturated heterocycles. The average Bonchev–Trinajstić information content (AvgIpc) is 3.07. The van der Waals surface area contributed by atoms with E-state index in [0.717, 1.165) is 30.1 Å². The van der Waals surface area contributed by atoms with E-state index in [1.165, 1.54) is 16.9 Å². The fourth-order valence-corrected chi connectivity index (χ4v) is 3.80.